The van der Waals surface area contributed by atoms with Crippen molar-refractivity contribution in [1.29, 1.82) is 0 Å². The highest BCUT2D eigenvalue weighted by molar-refractivity contribution is 6.31. The topological polar surface area (TPSA) is 55.4 Å². The molecule has 0 aliphatic rings. The van der Waals surface area contributed by atoms with E-state index < -0.39 is 12.1 Å². The predicted molar refractivity (Wildman–Crippen MR) is 127 cm³/mol. The summed E-state index contributed by atoms with van der Waals surface area (Å²) in [7, 11) is 0. The number of esters is 1. The second-order valence-electron chi connectivity index (χ2n) is 9.89. The van der Waals surface area contributed by atoms with E-state index >= 15 is 0 Å². The van der Waals surface area contributed by atoms with Crippen molar-refractivity contribution in [1.82, 2.24) is 5.32 Å². The molecule has 6 heteroatoms. The molecular formula is C25H31Cl2NO3. The Bertz CT molecular complexity index is 894. The van der Waals surface area contributed by atoms with Crippen LogP contribution in [0.1, 0.15) is 62.3 Å². The smallest absolute Gasteiger partial charge is 0.338 e. The van der Waals surface area contributed by atoms with Crippen molar-refractivity contribution in [3.63, 3.8) is 0 Å². The van der Waals surface area contributed by atoms with Gasteiger partial charge in [0.25, 0.3) is 5.91 Å². The molecule has 0 aliphatic carbocycles. The molecule has 0 fully saturated rings. The molecule has 2 aromatic rings. The van der Waals surface area contributed by atoms with E-state index in [4.69, 9.17) is 27.9 Å². The zero-order valence-electron chi connectivity index (χ0n) is 19.0. The highest BCUT2D eigenvalue weighted by atomic mass is 35.5. The summed E-state index contributed by atoms with van der Waals surface area (Å²) in [4.78, 5) is 25.5. The lowest BCUT2D eigenvalue weighted by Crippen LogP contribution is -2.49. The number of carbonyl (C=O) groups excluding carboxylic acids is 2. The number of carbonyl (C=O) groups is 2. The molecule has 0 aromatic heterocycles. The Labute approximate surface area is 195 Å². The third-order valence-corrected chi connectivity index (χ3v) is 5.74. The van der Waals surface area contributed by atoms with Crippen molar-refractivity contribution >= 4 is 35.1 Å². The van der Waals surface area contributed by atoms with Gasteiger partial charge in [-0.1, -0.05) is 64.7 Å². The lowest BCUT2D eigenvalue weighted by molar-refractivity contribution is -0.0539. The van der Waals surface area contributed by atoms with Crippen LogP contribution in [0.4, 0.5) is 0 Å². The van der Waals surface area contributed by atoms with Crippen LogP contribution >= 0.6 is 23.2 Å². The molecule has 31 heavy (non-hydrogen) atoms. The molecule has 2 atom stereocenters. The Morgan fingerprint density at radius 2 is 1.26 bits per heavy atom. The number of hydrogen-bond acceptors (Lipinski definition) is 3. The van der Waals surface area contributed by atoms with Crippen LogP contribution in [0.25, 0.3) is 0 Å². The molecule has 168 valence electrons. The van der Waals surface area contributed by atoms with Crippen LogP contribution in [-0.2, 0) is 4.74 Å². The summed E-state index contributed by atoms with van der Waals surface area (Å²) in [6.07, 6.45) is -0.429. The Balaban J connectivity index is 2.23. The third kappa shape index (κ3) is 7.26. The summed E-state index contributed by atoms with van der Waals surface area (Å²) in [6.45, 7) is 12.7. The van der Waals surface area contributed by atoms with E-state index in [1.807, 2.05) is 20.8 Å². The molecule has 0 saturated heterocycles. The van der Waals surface area contributed by atoms with Crippen LogP contribution in [0.5, 0.6) is 0 Å². The monoisotopic (exact) mass is 463 g/mol. The normalized spacial score (nSPS) is 13.9. The average molecular weight is 464 g/mol. The summed E-state index contributed by atoms with van der Waals surface area (Å²) in [5.74, 6) is -0.725. The summed E-state index contributed by atoms with van der Waals surface area (Å²) < 4.78 is 6.03. The molecule has 0 heterocycles. The van der Waals surface area contributed by atoms with Crippen molar-refractivity contribution < 1.29 is 14.3 Å². The van der Waals surface area contributed by atoms with Crippen LogP contribution in [0.15, 0.2) is 48.5 Å². The largest absolute Gasteiger partial charge is 0.458 e. The Morgan fingerprint density at radius 1 is 0.806 bits per heavy atom. The van der Waals surface area contributed by atoms with Gasteiger partial charge >= 0.3 is 5.97 Å². The second kappa shape index (κ2) is 10.1. The van der Waals surface area contributed by atoms with Gasteiger partial charge in [0.15, 0.2) is 0 Å². The van der Waals surface area contributed by atoms with Crippen molar-refractivity contribution in [2.24, 2.45) is 16.7 Å². The first-order chi connectivity index (χ1) is 14.3. The lowest BCUT2D eigenvalue weighted by atomic mass is 9.69. The first-order valence-corrected chi connectivity index (χ1v) is 11.0. The van der Waals surface area contributed by atoms with E-state index in [0.29, 0.717) is 27.7 Å². The summed E-state index contributed by atoms with van der Waals surface area (Å²) in [6, 6.07) is 13.4. The maximum Gasteiger partial charge on any atom is 0.338 e. The van der Waals surface area contributed by atoms with E-state index in [0.717, 1.165) is 0 Å². The van der Waals surface area contributed by atoms with Crippen molar-refractivity contribution in [2.75, 3.05) is 6.54 Å². The van der Waals surface area contributed by atoms with E-state index in [1.165, 1.54) is 0 Å². The van der Waals surface area contributed by atoms with E-state index in [9.17, 15) is 9.59 Å². The Hall–Kier alpha value is -2.04. The van der Waals surface area contributed by atoms with Gasteiger partial charge in [-0.2, -0.15) is 0 Å². The second-order valence-corrected chi connectivity index (χ2v) is 10.8. The Kier molecular flexibility index (Phi) is 8.18. The summed E-state index contributed by atoms with van der Waals surface area (Å²) >= 11 is 11.9. The molecule has 2 unspecified atom stereocenters. The maximum absolute atomic E-state index is 12.9. The van der Waals surface area contributed by atoms with Gasteiger partial charge in [-0.3, -0.25) is 4.79 Å². The SMILES string of the molecule is CC(C)(C)C(CNC(=O)c1ccc(Cl)cc1)C(OC(=O)c1ccc(Cl)cc1)C(C)(C)C. The number of nitrogens with one attached hydrogen (secondary N) is 1. The molecule has 0 radical (unpaired) electrons. The Morgan fingerprint density at radius 3 is 1.68 bits per heavy atom. The van der Waals surface area contributed by atoms with Crippen molar-refractivity contribution in [2.45, 2.75) is 47.6 Å². The molecule has 4 nitrogen and oxygen atoms in total. The van der Waals surface area contributed by atoms with Crippen LogP contribution in [0.3, 0.4) is 0 Å². The predicted octanol–water partition coefficient (Wildman–Crippen LogP) is 6.66. The van der Waals surface area contributed by atoms with Gasteiger partial charge < -0.3 is 10.1 Å². The van der Waals surface area contributed by atoms with Gasteiger partial charge in [0.05, 0.1) is 5.56 Å². The van der Waals surface area contributed by atoms with Crippen LogP contribution < -0.4 is 5.32 Å². The molecule has 2 rings (SSSR count). The number of hydrogen-bond donors (Lipinski definition) is 1. The number of rotatable bonds is 6. The molecular weight excluding hydrogens is 433 g/mol. The molecule has 0 bridgehead atoms. The first-order valence-electron chi connectivity index (χ1n) is 10.3. The van der Waals surface area contributed by atoms with Gasteiger partial charge in [0.2, 0.25) is 0 Å². The van der Waals surface area contributed by atoms with Crippen LogP contribution in [0.2, 0.25) is 10.0 Å². The van der Waals surface area contributed by atoms with Crippen molar-refractivity contribution in [3.8, 4) is 0 Å². The molecule has 2 aromatic carbocycles. The number of halogens is 2. The van der Waals surface area contributed by atoms with Gasteiger partial charge in [0.1, 0.15) is 6.10 Å². The minimum atomic E-state index is -0.429. The van der Waals surface area contributed by atoms with Gasteiger partial charge in [-0.25, -0.2) is 4.79 Å². The standard InChI is InChI=1S/C25H31Cl2NO3/c1-24(2,3)20(15-28-22(29)16-7-11-18(26)12-8-16)21(25(4,5)6)31-23(30)17-9-13-19(27)14-10-17/h7-14,20-21H,15H2,1-6H3,(H,28,29). The van der Waals surface area contributed by atoms with Crippen LogP contribution in [0, 0.1) is 16.7 Å². The highest BCUT2D eigenvalue weighted by Crippen LogP contribution is 2.38. The lowest BCUT2D eigenvalue weighted by Gasteiger charge is -2.43. The summed E-state index contributed by atoms with van der Waals surface area (Å²) in [5, 5.41) is 4.14. The molecule has 1 N–H and O–H groups in total. The molecule has 0 spiro atoms. The van der Waals surface area contributed by atoms with E-state index in [-0.39, 0.29) is 22.7 Å². The fourth-order valence-corrected chi connectivity index (χ4v) is 3.66. The number of ether oxygens (including phenoxy) is 1. The molecule has 1 amide bonds. The maximum atomic E-state index is 12.9. The third-order valence-electron chi connectivity index (χ3n) is 5.23. The van der Waals surface area contributed by atoms with Gasteiger partial charge in [-0.15, -0.1) is 0 Å². The number of benzene rings is 2. The summed E-state index contributed by atoms with van der Waals surface area (Å²) in [5.41, 5.74) is 0.398. The van der Waals surface area contributed by atoms with Crippen molar-refractivity contribution in [3.05, 3.63) is 69.7 Å². The zero-order valence-corrected chi connectivity index (χ0v) is 20.5. The molecule has 0 saturated carbocycles. The minimum absolute atomic E-state index is 0.125. The quantitative estimate of drug-likeness (QED) is 0.487. The minimum Gasteiger partial charge on any atom is -0.458 e. The first kappa shape index (κ1) is 25.2. The van der Waals surface area contributed by atoms with Crippen LogP contribution in [-0.4, -0.2) is 24.5 Å². The highest BCUT2D eigenvalue weighted by Gasteiger charge is 2.42. The van der Waals surface area contributed by atoms with E-state index in [2.05, 4.69) is 26.1 Å². The van der Waals surface area contributed by atoms with Gasteiger partial charge in [-0.05, 0) is 59.4 Å². The average Bonchev–Trinajstić information content (AvgIpc) is 2.66. The van der Waals surface area contributed by atoms with Gasteiger partial charge in [0, 0.05) is 28.1 Å². The fourth-order valence-electron chi connectivity index (χ4n) is 3.41. The van der Waals surface area contributed by atoms with E-state index in [1.54, 1.807) is 48.5 Å². The fraction of sp³-hybridized carbons (Fsp3) is 0.440. The molecule has 0 aliphatic heterocycles. The number of amides is 1. The zero-order chi connectivity index (χ0) is 23.4.